The highest BCUT2D eigenvalue weighted by Crippen LogP contribution is 2.26. The van der Waals surface area contributed by atoms with Gasteiger partial charge in [0.25, 0.3) is 0 Å². The Balaban J connectivity index is 1.89. The van der Waals surface area contributed by atoms with Crippen LogP contribution in [-0.4, -0.2) is 31.7 Å². The van der Waals surface area contributed by atoms with Crippen molar-refractivity contribution in [2.24, 2.45) is 17.6 Å². The highest BCUT2D eigenvalue weighted by atomic mass is 15.0. The fourth-order valence-electron chi connectivity index (χ4n) is 3.03. The summed E-state index contributed by atoms with van der Waals surface area (Å²) in [7, 11) is 0. The molecule has 0 aromatic heterocycles. The minimum Gasteiger partial charge on any atom is -0.327 e. The second kappa shape index (κ2) is 4.60. The Bertz CT molecular complexity index is 177. The Morgan fingerprint density at radius 1 is 1.21 bits per heavy atom. The molecule has 14 heavy (non-hydrogen) atoms. The maximum Gasteiger partial charge on any atom is 0.0168 e. The molecule has 2 saturated heterocycles. The van der Waals surface area contributed by atoms with Crippen LogP contribution in [0.15, 0.2) is 0 Å². The van der Waals surface area contributed by atoms with Crippen molar-refractivity contribution in [3.63, 3.8) is 0 Å². The van der Waals surface area contributed by atoms with Crippen molar-refractivity contribution >= 4 is 0 Å². The molecule has 0 aliphatic carbocycles. The van der Waals surface area contributed by atoms with Crippen LogP contribution in [0.25, 0.3) is 0 Å². The van der Waals surface area contributed by atoms with Gasteiger partial charge in [0, 0.05) is 18.6 Å². The lowest BCUT2D eigenvalue weighted by Gasteiger charge is -2.40. The number of rotatable bonds is 1. The number of hydrogen-bond donors (Lipinski definition) is 3. The average molecular weight is 197 g/mol. The maximum atomic E-state index is 5.94. The predicted octanol–water partition coefficient (Wildman–Crippen LogP) is 0.311. The summed E-state index contributed by atoms with van der Waals surface area (Å²) in [5.41, 5.74) is 5.94. The molecule has 2 aliphatic heterocycles. The van der Waals surface area contributed by atoms with Gasteiger partial charge in [0.2, 0.25) is 0 Å². The van der Waals surface area contributed by atoms with Crippen molar-refractivity contribution in [1.29, 1.82) is 0 Å². The van der Waals surface area contributed by atoms with Crippen molar-refractivity contribution in [3.05, 3.63) is 0 Å². The average Bonchev–Trinajstić information content (AvgIpc) is 2.19. The minimum atomic E-state index is 0.378. The van der Waals surface area contributed by atoms with E-state index in [1.165, 1.54) is 32.4 Å². The van der Waals surface area contributed by atoms with Crippen LogP contribution in [0.1, 0.15) is 26.2 Å². The lowest BCUT2D eigenvalue weighted by molar-refractivity contribution is 0.177. The van der Waals surface area contributed by atoms with E-state index in [-0.39, 0.29) is 0 Å². The van der Waals surface area contributed by atoms with E-state index in [0.717, 1.165) is 24.4 Å². The number of nitrogens with one attached hydrogen (secondary N) is 2. The molecule has 0 aromatic rings. The standard InChI is InChI=1S/C11H23N3/c1-8-6-10(12)7-14-11(8)9-2-4-13-5-3-9/h8-11,13-14H,2-7,12H2,1H3. The zero-order valence-electron chi connectivity index (χ0n) is 9.13. The van der Waals surface area contributed by atoms with Crippen molar-refractivity contribution in [2.75, 3.05) is 19.6 Å². The third-order valence-corrected chi connectivity index (χ3v) is 3.80. The quantitative estimate of drug-likeness (QED) is 0.567. The molecule has 0 aromatic carbocycles. The van der Waals surface area contributed by atoms with Crippen LogP contribution in [0, 0.1) is 11.8 Å². The zero-order valence-corrected chi connectivity index (χ0v) is 9.13. The molecule has 2 heterocycles. The van der Waals surface area contributed by atoms with Crippen LogP contribution < -0.4 is 16.4 Å². The van der Waals surface area contributed by atoms with E-state index < -0.39 is 0 Å². The van der Waals surface area contributed by atoms with Gasteiger partial charge in [0.1, 0.15) is 0 Å². The predicted molar refractivity (Wildman–Crippen MR) is 59.1 cm³/mol. The first kappa shape index (κ1) is 10.4. The van der Waals surface area contributed by atoms with Crippen LogP contribution in [0.4, 0.5) is 0 Å². The number of nitrogens with two attached hydrogens (primary N) is 1. The summed E-state index contributed by atoms with van der Waals surface area (Å²) < 4.78 is 0. The van der Waals surface area contributed by atoms with Gasteiger partial charge in [-0.25, -0.2) is 0 Å². The van der Waals surface area contributed by atoms with E-state index >= 15 is 0 Å². The first-order valence-corrected chi connectivity index (χ1v) is 5.97. The molecule has 3 unspecified atom stereocenters. The Morgan fingerprint density at radius 2 is 1.93 bits per heavy atom. The fourth-order valence-corrected chi connectivity index (χ4v) is 3.03. The molecule has 2 fully saturated rings. The summed E-state index contributed by atoms with van der Waals surface area (Å²) >= 11 is 0. The Morgan fingerprint density at radius 3 is 2.57 bits per heavy atom. The van der Waals surface area contributed by atoms with E-state index in [9.17, 15) is 0 Å². The second-order valence-electron chi connectivity index (χ2n) is 4.99. The van der Waals surface area contributed by atoms with Gasteiger partial charge in [-0.1, -0.05) is 6.92 Å². The van der Waals surface area contributed by atoms with E-state index in [1.807, 2.05) is 0 Å². The fraction of sp³-hybridized carbons (Fsp3) is 1.00. The summed E-state index contributed by atoms with van der Waals surface area (Å²) in [6, 6.07) is 1.10. The Kier molecular flexibility index (Phi) is 3.42. The molecular weight excluding hydrogens is 174 g/mol. The monoisotopic (exact) mass is 197 g/mol. The largest absolute Gasteiger partial charge is 0.327 e. The highest BCUT2D eigenvalue weighted by molar-refractivity contribution is 4.90. The van der Waals surface area contributed by atoms with Gasteiger partial charge in [0.05, 0.1) is 0 Å². The summed E-state index contributed by atoms with van der Waals surface area (Å²) in [4.78, 5) is 0. The van der Waals surface area contributed by atoms with Crippen LogP contribution in [0.5, 0.6) is 0 Å². The van der Waals surface area contributed by atoms with Crippen molar-refractivity contribution in [3.8, 4) is 0 Å². The minimum absolute atomic E-state index is 0.378. The molecule has 0 amide bonds. The molecule has 2 aliphatic rings. The van der Waals surface area contributed by atoms with E-state index in [1.54, 1.807) is 0 Å². The second-order valence-corrected chi connectivity index (χ2v) is 4.99. The Labute approximate surface area is 86.8 Å². The number of piperidine rings is 2. The summed E-state index contributed by atoms with van der Waals surface area (Å²) in [6.07, 6.45) is 3.86. The molecule has 3 heteroatoms. The first-order valence-electron chi connectivity index (χ1n) is 5.97. The third-order valence-electron chi connectivity index (χ3n) is 3.80. The molecule has 3 atom stereocenters. The third kappa shape index (κ3) is 2.27. The molecule has 0 radical (unpaired) electrons. The highest BCUT2D eigenvalue weighted by Gasteiger charge is 2.31. The van der Waals surface area contributed by atoms with Gasteiger partial charge in [0.15, 0.2) is 0 Å². The van der Waals surface area contributed by atoms with Crippen molar-refractivity contribution in [1.82, 2.24) is 10.6 Å². The van der Waals surface area contributed by atoms with Crippen LogP contribution in [0.3, 0.4) is 0 Å². The lowest BCUT2D eigenvalue weighted by atomic mass is 9.78. The van der Waals surface area contributed by atoms with Gasteiger partial charge < -0.3 is 16.4 Å². The van der Waals surface area contributed by atoms with Crippen LogP contribution in [0.2, 0.25) is 0 Å². The number of hydrogen-bond acceptors (Lipinski definition) is 3. The molecule has 0 saturated carbocycles. The zero-order chi connectivity index (χ0) is 9.97. The summed E-state index contributed by atoms with van der Waals surface area (Å²) in [6.45, 7) is 5.75. The smallest absolute Gasteiger partial charge is 0.0168 e. The first-order chi connectivity index (χ1) is 6.77. The van der Waals surface area contributed by atoms with Gasteiger partial charge in [-0.3, -0.25) is 0 Å². The molecule has 0 spiro atoms. The van der Waals surface area contributed by atoms with Crippen LogP contribution >= 0.6 is 0 Å². The van der Waals surface area contributed by atoms with E-state index in [0.29, 0.717) is 6.04 Å². The van der Waals surface area contributed by atoms with Crippen LogP contribution in [-0.2, 0) is 0 Å². The molecular formula is C11H23N3. The Hall–Kier alpha value is -0.120. The van der Waals surface area contributed by atoms with Crippen molar-refractivity contribution in [2.45, 2.75) is 38.3 Å². The van der Waals surface area contributed by atoms with E-state index in [4.69, 9.17) is 5.73 Å². The van der Waals surface area contributed by atoms with Crippen molar-refractivity contribution < 1.29 is 0 Å². The lowest BCUT2D eigenvalue weighted by Crippen LogP contribution is -2.54. The summed E-state index contributed by atoms with van der Waals surface area (Å²) in [5.74, 6) is 1.63. The molecule has 4 N–H and O–H groups in total. The molecule has 0 bridgehead atoms. The van der Waals surface area contributed by atoms with Gasteiger partial charge in [-0.2, -0.15) is 0 Å². The van der Waals surface area contributed by atoms with Gasteiger partial charge in [-0.15, -0.1) is 0 Å². The van der Waals surface area contributed by atoms with E-state index in [2.05, 4.69) is 17.6 Å². The molecule has 3 nitrogen and oxygen atoms in total. The normalized spacial score (nSPS) is 41.1. The summed E-state index contributed by atoms with van der Waals surface area (Å²) in [5, 5.41) is 7.06. The SMILES string of the molecule is CC1CC(N)CNC1C1CCNCC1. The molecule has 2 rings (SSSR count). The topological polar surface area (TPSA) is 50.1 Å². The maximum absolute atomic E-state index is 5.94. The van der Waals surface area contributed by atoms with Gasteiger partial charge >= 0.3 is 0 Å². The molecule has 82 valence electrons. The van der Waals surface area contributed by atoms with Gasteiger partial charge in [-0.05, 0) is 44.2 Å².